The molecule has 2 aliphatic carbocycles. The van der Waals surface area contributed by atoms with Gasteiger partial charge in [0.15, 0.2) is 0 Å². The molecule has 1 aliphatic heterocycles. The number of fused-ring (bicyclic) bond motifs is 2. The summed E-state index contributed by atoms with van der Waals surface area (Å²) in [7, 11) is 0. The molecule has 1 heterocycles. The number of allylic oxidation sites excluding steroid dienone is 1. The highest BCUT2D eigenvalue weighted by Gasteiger charge is 2.26. The van der Waals surface area contributed by atoms with Crippen LogP contribution in [0, 0.1) is 5.82 Å². The van der Waals surface area contributed by atoms with Gasteiger partial charge in [-0.25, -0.2) is 18.0 Å². The maximum atomic E-state index is 14.7. The zero-order chi connectivity index (χ0) is 27.8. The first-order valence-electron chi connectivity index (χ1n) is 14.1. The monoisotopic (exact) mass is 543 g/mol. The molecule has 1 saturated heterocycles. The van der Waals surface area contributed by atoms with E-state index in [1.807, 2.05) is 17.0 Å². The van der Waals surface area contributed by atoms with Crippen LogP contribution in [0.3, 0.4) is 0 Å². The van der Waals surface area contributed by atoms with E-state index in [-0.39, 0.29) is 17.8 Å². The Morgan fingerprint density at radius 1 is 0.900 bits per heavy atom. The SMILES string of the molecule is O=C(O)c1ccc2c(c1)CCCC(c1ccc(F)c3c1CCC3)=C2c1ccc(C=C2CN(CCC(F)F)C2)cc1. The third kappa shape index (κ3) is 5.25. The fourth-order valence-corrected chi connectivity index (χ4v) is 6.50. The summed E-state index contributed by atoms with van der Waals surface area (Å²) in [6, 6.07) is 17.3. The van der Waals surface area contributed by atoms with E-state index in [4.69, 9.17) is 0 Å². The van der Waals surface area contributed by atoms with Crippen molar-refractivity contribution in [3.63, 3.8) is 0 Å². The molecule has 3 nitrogen and oxygen atoms in total. The smallest absolute Gasteiger partial charge is 0.335 e. The van der Waals surface area contributed by atoms with E-state index in [1.165, 1.54) is 11.1 Å². The lowest BCUT2D eigenvalue weighted by atomic mass is 9.85. The lowest BCUT2D eigenvalue weighted by Gasteiger charge is -2.34. The molecule has 6 rings (SSSR count). The van der Waals surface area contributed by atoms with Gasteiger partial charge in [-0.05, 0) is 112 Å². The van der Waals surface area contributed by atoms with E-state index < -0.39 is 12.4 Å². The molecule has 0 amide bonds. The molecule has 0 aromatic heterocycles. The van der Waals surface area contributed by atoms with Crippen LogP contribution in [-0.4, -0.2) is 42.0 Å². The number of halogens is 3. The van der Waals surface area contributed by atoms with Crippen LogP contribution in [0.4, 0.5) is 13.2 Å². The first-order valence-corrected chi connectivity index (χ1v) is 14.1. The van der Waals surface area contributed by atoms with Crippen molar-refractivity contribution in [2.45, 2.75) is 51.4 Å². The molecule has 0 bridgehead atoms. The van der Waals surface area contributed by atoms with Crippen LogP contribution in [0.2, 0.25) is 0 Å². The number of aromatic carboxylic acids is 1. The molecule has 3 aromatic carbocycles. The van der Waals surface area contributed by atoms with Crippen LogP contribution in [0.15, 0.2) is 60.2 Å². The normalized spacial score (nSPS) is 16.9. The van der Waals surface area contributed by atoms with Gasteiger partial charge in [0.05, 0.1) is 5.56 Å². The summed E-state index contributed by atoms with van der Waals surface area (Å²) >= 11 is 0. The van der Waals surface area contributed by atoms with Crippen molar-refractivity contribution in [1.82, 2.24) is 4.90 Å². The number of carboxylic acids is 1. The van der Waals surface area contributed by atoms with Crippen LogP contribution in [0.1, 0.15) is 75.0 Å². The fourth-order valence-electron chi connectivity index (χ4n) is 6.50. The lowest BCUT2D eigenvalue weighted by Crippen LogP contribution is -2.40. The summed E-state index contributed by atoms with van der Waals surface area (Å²) in [5.41, 5.74) is 11.0. The van der Waals surface area contributed by atoms with Crippen molar-refractivity contribution >= 4 is 23.2 Å². The predicted octanol–water partition coefficient (Wildman–Crippen LogP) is 7.66. The molecule has 1 fully saturated rings. The number of alkyl halides is 2. The molecule has 3 aromatic rings. The van der Waals surface area contributed by atoms with Crippen LogP contribution < -0.4 is 0 Å². The highest BCUT2D eigenvalue weighted by molar-refractivity contribution is 6.01. The van der Waals surface area contributed by atoms with Gasteiger partial charge >= 0.3 is 5.97 Å². The van der Waals surface area contributed by atoms with Crippen LogP contribution >= 0.6 is 0 Å². The number of hydrogen-bond donors (Lipinski definition) is 1. The first-order chi connectivity index (χ1) is 19.4. The van der Waals surface area contributed by atoms with Crippen molar-refractivity contribution in [2.75, 3.05) is 19.6 Å². The van der Waals surface area contributed by atoms with Gasteiger partial charge < -0.3 is 5.11 Å². The number of carboxylic acid groups (broad SMARTS) is 1. The first kappa shape index (κ1) is 26.6. The summed E-state index contributed by atoms with van der Waals surface area (Å²) in [5, 5.41) is 9.61. The molecule has 0 spiro atoms. The Bertz CT molecular complexity index is 1510. The summed E-state index contributed by atoms with van der Waals surface area (Å²) in [5.74, 6) is -1.06. The average molecular weight is 544 g/mol. The van der Waals surface area contributed by atoms with Gasteiger partial charge in [0, 0.05) is 26.1 Å². The van der Waals surface area contributed by atoms with E-state index in [1.54, 1.807) is 18.2 Å². The summed E-state index contributed by atoms with van der Waals surface area (Å²) < 4.78 is 39.7. The molecule has 1 N–H and O–H groups in total. The molecular weight excluding hydrogens is 511 g/mol. The topological polar surface area (TPSA) is 40.5 Å². The van der Waals surface area contributed by atoms with Crippen molar-refractivity contribution in [3.8, 4) is 0 Å². The van der Waals surface area contributed by atoms with Gasteiger partial charge in [0.25, 0.3) is 0 Å². The second-order valence-electron chi connectivity index (χ2n) is 11.1. The minimum absolute atomic E-state index is 0.0912. The van der Waals surface area contributed by atoms with E-state index in [0.29, 0.717) is 6.54 Å². The maximum absolute atomic E-state index is 14.7. The summed E-state index contributed by atoms with van der Waals surface area (Å²) in [6.07, 6.45) is 4.84. The second-order valence-corrected chi connectivity index (χ2v) is 11.1. The Kier molecular flexibility index (Phi) is 7.37. The van der Waals surface area contributed by atoms with Crippen LogP contribution in [-0.2, 0) is 19.3 Å². The number of likely N-dealkylation sites (tertiary alicyclic amines) is 1. The minimum atomic E-state index is -2.26. The van der Waals surface area contributed by atoms with Crippen LogP contribution in [0.5, 0.6) is 0 Å². The molecule has 40 heavy (non-hydrogen) atoms. The van der Waals surface area contributed by atoms with Crippen molar-refractivity contribution in [2.24, 2.45) is 0 Å². The van der Waals surface area contributed by atoms with E-state index in [0.717, 1.165) is 96.1 Å². The van der Waals surface area contributed by atoms with E-state index in [9.17, 15) is 23.1 Å². The standard InChI is InChI=1S/C34H32F3NO2/c35-31-14-13-28(27-4-2-5-29(27)31)30-6-1-3-24-18-25(34(39)40)11-12-26(24)33(30)23-9-7-21(8-10-23)17-22-19-38(20-22)16-15-32(36)37/h7-14,17-18,32H,1-6,15-16,19-20H2,(H,39,40). The predicted molar refractivity (Wildman–Crippen MR) is 152 cm³/mol. The van der Waals surface area contributed by atoms with E-state index >= 15 is 0 Å². The molecular formula is C34H32F3NO2. The van der Waals surface area contributed by atoms with Gasteiger partial charge in [0.1, 0.15) is 5.82 Å². The molecule has 3 aliphatic rings. The number of nitrogens with zero attached hydrogens (tertiary/aromatic N) is 1. The van der Waals surface area contributed by atoms with Gasteiger partial charge in [-0.2, -0.15) is 0 Å². The van der Waals surface area contributed by atoms with Gasteiger partial charge in [-0.1, -0.05) is 42.5 Å². The molecule has 6 heteroatoms. The van der Waals surface area contributed by atoms with Crippen molar-refractivity contribution in [3.05, 3.63) is 110 Å². The van der Waals surface area contributed by atoms with Gasteiger partial charge in [-0.15, -0.1) is 0 Å². The molecule has 0 saturated carbocycles. The Hall–Kier alpha value is -3.64. The maximum Gasteiger partial charge on any atom is 0.335 e. The Balaban J connectivity index is 1.40. The van der Waals surface area contributed by atoms with Gasteiger partial charge in [0.2, 0.25) is 6.43 Å². The molecule has 206 valence electrons. The summed E-state index contributed by atoms with van der Waals surface area (Å²) in [4.78, 5) is 13.7. The zero-order valence-corrected chi connectivity index (χ0v) is 22.4. The zero-order valence-electron chi connectivity index (χ0n) is 22.4. The fraction of sp³-hybridized carbons (Fsp3) is 0.324. The second kappa shape index (κ2) is 11.1. The number of carbonyl (C=O) groups is 1. The van der Waals surface area contributed by atoms with Crippen molar-refractivity contribution < 1.29 is 23.1 Å². The molecule has 0 unspecified atom stereocenters. The molecule has 0 atom stereocenters. The average Bonchev–Trinajstić information content (AvgIpc) is 3.34. The highest BCUT2D eigenvalue weighted by atomic mass is 19.3. The number of benzene rings is 3. The number of rotatable bonds is 7. The van der Waals surface area contributed by atoms with Crippen molar-refractivity contribution in [1.29, 1.82) is 0 Å². The highest BCUT2D eigenvalue weighted by Crippen LogP contribution is 2.43. The van der Waals surface area contributed by atoms with Gasteiger partial charge in [-0.3, -0.25) is 4.90 Å². The summed E-state index contributed by atoms with van der Waals surface area (Å²) in [6.45, 7) is 1.86. The Morgan fingerprint density at radius 2 is 1.62 bits per heavy atom. The van der Waals surface area contributed by atoms with E-state index in [2.05, 4.69) is 30.3 Å². The number of hydrogen-bond acceptors (Lipinski definition) is 2. The number of aryl methyl sites for hydroxylation is 1. The minimum Gasteiger partial charge on any atom is -0.478 e. The Labute approximate surface area is 232 Å². The third-order valence-corrected chi connectivity index (χ3v) is 8.44. The Morgan fingerprint density at radius 3 is 2.38 bits per heavy atom. The quantitative estimate of drug-likeness (QED) is 0.333. The largest absolute Gasteiger partial charge is 0.478 e. The lowest BCUT2D eigenvalue weighted by molar-refractivity contribution is 0.0696. The molecule has 0 radical (unpaired) electrons. The van der Waals surface area contributed by atoms with Crippen LogP contribution in [0.25, 0.3) is 17.2 Å². The third-order valence-electron chi connectivity index (χ3n) is 8.44.